The lowest BCUT2D eigenvalue weighted by molar-refractivity contribution is -0.0989. The molecule has 2 saturated heterocycles. The van der Waals surface area contributed by atoms with Gasteiger partial charge in [0.05, 0.1) is 37.3 Å². The van der Waals surface area contributed by atoms with Gasteiger partial charge in [0.1, 0.15) is 0 Å². The standard InChI is InChI=1S/C22H32N4O2/c1-17-14-18(2)26(23-17)21-6-4-20(5-7-21)25-10-8-19(9-11-25)24(3)15-22-16-27-12-13-28-22/h4-7,14,19,22H,8-13,15-16H2,1-3H3. The van der Waals surface area contributed by atoms with Gasteiger partial charge in [-0.15, -0.1) is 0 Å². The first-order chi connectivity index (χ1) is 13.6. The first-order valence-corrected chi connectivity index (χ1v) is 10.4. The molecule has 6 heteroatoms. The molecular formula is C22H32N4O2. The van der Waals surface area contributed by atoms with Crippen molar-refractivity contribution >= 4 is 5.69 Å². The zero-order chi connectivity index (χ0) is 19.5. The largest absolute Gasteiger partial charge is 0.376 e. The molecule has 152 valence electrons. The zero-order valence-corrected chi connectivity index (χ0v) is 17.3. The average molecular weight is 385 g/mol. The minimum absolute atomic E-state index is 0.221. The molecule has 0 saturated carbocycles. The Morgan fingerprint density at radius 3 is 2.39 bits per heavy atom. The molecule has 6 nitrogen and oxygen atoms in total. The van der Waals surface area contributed by atoms with E-state index in [1.165, 1.54) is 24.2 Å². The maximum atomic E-state index is 5.80. The monoisotopic (exact) mass is 384 g/mol. The highest BCUT2D eigenvalue weighted by Crippen LogP contribution is 2.24. The molecule has 28 heavy (non-hydrogen) atoms. The van der Waals surface area contributed by atoms with E-state index >= 15 is 0 Å². The van der Waals surface area contributed by atoms with Gasteiger partial charge < -0.3 is 19.3 Å². The second-order valence-corrected chi connectivity index (χ2v) is 8.08. The number of ether oxygens (including phenoxy) is 2. The van der Waals surface area contributed by atoms with Crippen LogP contribution in [-0.2, 0) is 9.47 Å². The van der Waals surface area contributed by atoms with Crippen LogP contribution in [0.3, 0.4) is 0 Å². The van der Waals surface area contributed by atoms with E-state index in [1.807, 2.05) is 11.6 Å². The summed E-state index contributed by atoms with van der Waals surface area (Å²) in [6, 6.07) is 11.5. The summed E-state index contributed by atoms with van der Waals surface area (Å²) in [7, 11) is 2.22. The molecule has 0 aliphatic carbocycles. The van der Waals surface area contributed by atoms with E-state index in [9.17, 15) is 0 Å². The average Bonchev–Trinajstić information content (AvgIpc) is 3.07. The van der Waals surface area contributed by atoms with E-state index < -0.39 is 0 Å². The smallest absolute Gasteiger partial charge is 0.0936 e. The number of hydrogen-bond donors (Lipinski definition) is 0. The maximum absolute atomic E-state index is 5.80. The summed E-state index contributed by atoms with van der Waals surface area (Å²) in [4.78, 5) is 4.96. The summed E-state index contributed by atoms with van der Waals surface area (Å²) < 4.78 is 13.3. The molecule has 0 radical (unpaired) electrons. The third kappa shape index (κ3) is 4.40. The molecule has 1 aromatic carbocycles. The fraction of sp³-hybridized carbons (Fsp3) is 0.591. The Kier molecular flexibility index (Phi) is 5.99. The Balaban J connectivity index is 1.31. The van der Waals surface area contributed by atoms with Crippen LogP contribution in [0.25, 0.3) is 5.69 Å². The maximum Gasteiger partial charge on any atom is 0.0936 e. The van der Waals surface area contributed by atoms with Gasteiger partial charge >= 0.3 is 0 Å². The fourth-order valence-electron chi connectivity index (χ4n) is 4.37. The molecule has 2 aliphatic heterocycles. The van der Waals surface area contributed by atoms with Crippen molar-refractivity contribution in [2.24, 2.45) is 0 Å². The number of likely N-dealkylation sites (N-methyl/N-ethyl adjacent to an activating group) is 1. The number of nitrogens with zero attached hydrogens (tertiary/aromatic N) is 4. The van der Waals surface area contributed by atoms with Gasteiger partial charge in [0.15, 0.2) is 0 Å². The predicted octanol–water partition coefficient (Wildman–Crippen LogP) is 2.81. The van der Waals surface area contributed by atoms with Gasteiger partial charge in [-0.1, -0.05) is 0 Å². The topological polar surface area (TPSA) is 42.8 Å². The van der Waals surface area contributed by atoms with E-state index in [0.717, 1.165) is 50.8 Å². The van der Waals surface area contributed by atoms with Crippen LogP contribution in [-0.4, -0.2) is 73.3 Å². The molecule has 0 bridgehead atoms. The Labute approximate surface area is 168 Å². The Hall–Kier alpha value is -1.89. The quantitative estimate of drug-likeness (QED) is 0.793. The molecular weight excluding hydrogens is 352 g/mol. The van der Waals surface area contributed by atoms with E-state index in [0.29, 0.717) is 6.04 Å². The summed E-state index contributed by atoms with van der Waals surface area (Å²) in [6.07, 6.45) is 2.59. The highest BCUT2D eigenvalue weighted by molar-refractivity contribution is 5.51. The van der Waals surface area contributed by atoms with E-state index in [2.05, 4.69) is 59.2 Å². The first-order valence-electron chi connectivity index (χ1n) is 10.4. The second-order valence-electron chi connectivity index (χ2n) is 8.08. The van der Waals surface area contributed by atoms with Crippen LogP contribution in [0.5, 0.6) is 0 Å². The van der Waals surface area contributed by atoms with Crippen LogP contribution in [0, 0.1) is 13.8 Å². The number of aryl methyl sites for hydroxylation is 2. The van der Waals surface area contributed by atoms with Crippen LogP contribution in [0.15, 0.2) is 30.3 Å². The minimum atomic E-state index is 0.221. The normalized spacial score (nSPS) is 21.4. The molecule has 0 N–H and O–H groups in total. The van der Waals surface area contributed by atoms with E-state index in [4.69, 9.17) is 9.47 Å². The van der Waals surface area contributed by atoms with Crippen molar-refractivity contribution in [2.45, 2.75) is 38.8 Å². The van der Waals surface area contributed by atoms with Gasteiger partial charge in [0, 0.05) is 37.1 Å². The summed E-state index contributed by atoms with van der Waals surface area (Å²) in [6.45, 7) is 9.47. The van der Waals surface area contributed by atoms with Crippen molar-refractivity contribution in [2.75, 3.05) is 51.4 Å². The Morgan fingerprint density at radius 2 is 1.79 bits per heavy atom. The summed E-state index contributed by atoms with van der Waals surface area (Å²) in [5.41, 5.74) is 4.65. The van der Waals surface area contributed by atoms with Crippen molar-refractivity contribution < 1.29 is 9.47 Å². The summed E-state index contributed by atoms with van der Waals surface area (Å²) >= 11 is 0. The molecule has 2 aliphatic rings. The lowest BCUT2D eigenvalue weighted by atomic mass is 10.0. The van der Waals surface area contributed by atoms with Crippen molar-refractivity contribution in [3.63, 3.8) is 0 Å². The molecule has 2 aromatic rings. The minimum Gasteiger partial charge on any atom is -0.376 e. The predicted molar refractivity (Wildman–Crippen MR) is 111 cm³/mol. The van der Waals surface area contributed by atoms with Crippen molar-refractivity contribution in [1.82, 2.24) is 14.7 Å². The summed E-state index contributed by atoms with van der Waals surface area (Å²) in [5, 5.41) is 4.58. The van der Waals surface area contributed by atoms with Crippen LogP contribution >= 0.6 is 0 Å². The van der Waals surface area contributed by atoms with Crippen LogP contribution in [0.1, 0.15) is 24.2 Å². The summed E-state index contributed by atoms with van der Waals surface area (Å²) in [5.74, 6) is 0. The van der Waals surface area contributed by atoms with Crippen LogP contribution < -0.4 is 4.90 Å². The van der Waals surface area contributed by atoms with Gasteiger partial charge in [-0.3, -0.25) is 0 Å². The molecule has 2 fully saturated rings. The zero-order valence-electron chi connectivity index (χ0n) is 17.3. The van der Waals surface area contributed by atoms with Gasteiger partial charge in [0.2, 0.25) is 0 Å². The lowest BCUT2D eigenvalue weighted by Crippen LogP contribution is -2.47. The van der Waals surface area contributed by atoms with Gasteiger partial charge in [-0.05, 0) is 64.1 Å². The second kappa shape index (κ2) is 8.64. The van der Waals surface area contributed by atoms with Crippen LogP contribution in [0.4, 0.5) is 5.69 Å². The van der Waals surface area contributed by atoms with E-state index in [1.54, 1.807) is 0 Å². The third-order valence-electron chi connectivity index (χ3n) is 5.93. The Morgan fingerprint density at radius 1 is 1.07 bits per heavy atom. The third-order valence-corrected chi connectivity index (χ3v) is 5.93. The molecule has 3 heterocycles. The molecule has 0 spiro atoms. The van der Waals surface area contributed by atoms with Crippen molar-refractivity contribution in [1.29, 1.82) is 0 Å². The molecule has 1 aromatic heterocycles. The molecule has 4 rings (SSSR count). The van der Waals surface area contributed by atoms with Gasteiger partial charge in [-0.25, -0.2) is 4.68 Å². The Bertz CT molecular complexity index is 759. The molecule has 0 amide bonds. The highest BCUT2D eigenvalue weighted by atomic mass is 16.6. The fourth-order valence-corrected chi connectivity index (χ4v) is 4.37. The number of piperidine rings is 1. The molecule has 1 atom stereocenters. The van der Waals surface area contributed by atoms with Gasteiger partial charge in [0.25, 0.3) is 0 Å². The SMILES string of the molecule is Cc1cc(C)n(-c2ccc(N3CCC(N(C)CC4COCCO4)CC3)cc2)n1. The number of benzene rings is 1. The first kappa shape index (κ1) is 19.4. The van der Waals surface area contributed by atoms with Crippen LogP contribution in [0.2, 0.25) is 0 Å². The number of rotatable bonds is 5. The number of hydrogen-bond acceptors (Lipinski definition) is 5. The van der Waals surface area contributed by atoms with E-state index in [-0.39, 0.29) is 6.10 Å². The highest BCUT2D eigenvalue weighted by Gasteiger charge is 2.25. The van der Waals surface area contributed by atoms with Crippen molar-refractivity contribution in [3.8, 4) is 5.69 Å². The number of aromatic nitrogens is 2. The van der Waals surface area contributed by atoms with Gasteiger partial charge in [-0.2, -0.15) is 5.10 Å². The number of anilines is 1. The molecule has 1 unspecified atom stereocenters. The lowest BCUT2D eigenvalue weighted by Gasteiger charge is -2.39. The van der Waals surface area contributed by atoms with Crippen molar-refractivity contribution in [3.05, 3.63) is 41.7 Å².